The lowest BCUT2D eigenvalue weighted by Gasteiger charge is -2.27. The second-order valence-electron chi connectivity index (χ2n) is 4.67. The number of hydrogen-bond donors (Lipinski definition) is 1. The Kier molecular flexibility index (Phi) is 3.34. The fourth-order valence-electron chi connectivity index (χ4n) is 2.35. The molecule has 0 aromatic carbocycles. The van der Waals surface area contributed by atoms with Gasteiger partial charge in [-0.15, -0.1) is 0 Å². The number of nitriles is 1. The van der Waals surface area contributed by atoms with Crippen molar-refractivity contribution >= 4 is 0 Å². The van der Waals surface area contributed by atoms with E-state index in [0.717, 1.165) is 25.7 Å². The Labute approximate surface area is 101 Å². The van der Waals surface area contributed by atoms with Crippen molar-refractivity contribution in [3.05, 3.63) is 11.3 Å². The van der Waals surface area contributed by atoms with Gasteiger partial charge in [-0.25, -0.2) is 4.68 Å². The minimum atomic E-state index is 0.112. The Morgan fingerprint density at radius 1 is 1.53 bits per heavy atom. The van der Waals surface area contributed by atoms with Gasteiger partial charge < -0.3 is 10.5 Å². The van der Waals surface area contributed by atoms with Crippen LogP contribution in [0.5, 0.6) is 5.88 Å². The fourth-order valence-corrected chi connectivity index (χ4v) is 2.35. The van der Waals surface area contributed by atoms with Crippen LogP contribution in [0.25, 0.3) is 0 Å². The third-order valence-electron chi connectivity index (χ3n) is 3.23. The van der Waals surface area contributed by atoms with Gasteiger partial charge in [0, 0.05) is 13.1 Å². The molecule has 0 spiro atoms. The van der Waals surface area contributed by atoms with Crippen molar-refractivity contribution in [2.24, 2.45) is 12.8 Å². The predicted octanol–water partition coefficient (Wildman–Crippen LogP) is 1.25. The van der Waals surface area contributed by atoms with E-state index in [-0.39, 0.29) is 12.1 Å². The largest absolute Gasteiger partial charge is 0.474 e. The highest BCUT2D eigenvalue weighted by Crippen LogP contribution is 2.26. The number of aryl methyl sites for hydroxylation is 2. The maximum Gasteiger partial charge on any atom is 0.230 e. The van der Waals surface area contributed by atoms with Gasteiger partial charge in [0.25, 0.3) is 0 Å². The molecule has 92 valence electrons. The molecule has 2 rings (SSSR count). The van der Waals surface area contributed by atoms with Gasteiger partial charge in [0.2, 0.25) is 5.88 Å². The summed E-state index contributed by atoms with van der Waals surface area (Å²) in [6, 6.07) is 2.36. The van der Waals surface area contributed by atoms with Crippen molar-refractivity contribution in [1.29, 1.82) is 5.26 Å². The average molecular weight is 234 g/mol. The van der Waals surface area contributed by atoms with Crippen LogP contribution in [0.1, 0.15) is 36.9 Å². The van der Waals surface area contributed by atoms with Gasteiger partial charge in [0.05, 0.1) is 5.69 Å². The molecule has 0 radical (unpaired) electrons. The summed E-state index contributed by atoms with van der Waals surface area (Å²) in [4.78, 5) is 0. The molecule has 0 amide bonds. The minimum absolute atomic E-state index is 0.112. The van der Waals surface area contributed by atoms with Crippen LogP contribution in [0.2, 0.25) is 0 Å². The quantitative estimate of drug-likeness (QED) is 0.835. The second-order valence-corrected chi connectivity index (χ2v) is 4.67. The number of rotatable bonds is 2. The van der Waals surface area contributed by atoms with E-state index < -0.39 is 0 Å². The molecule has 1 fully saturated rings. The molecule has 0 saturated heterocycles. The molecule has 0 aliphatic heterocycles. The summed E-state index contributed by atoms with van der Waals surface area (Å²) in [5, 5.41) is 13.3. The van der Waals surface area contributed by atoms with Crippen molar-refractivity contribution in [2.45, 2.75) is 44.8 Å². The molecule has 1 aromatic heterocycles. The Balaban J connectivity index is 2.15. The third-order valence-corrected chi connectivity index (χ3v) is 3.23. The molecule has 17 heavy (non-hydrogen) atoms. The van der Waals surface area contributed by atoms with E-state index >= 15 is 0 Å². The van der Waals surface area contributed by atoms with E-state index in [1.807, 2.05) is 6.92 Å². The SMILES string of the molecule is Cc1nn(C)c(OC2CCCC(N)C2)c1C#N. The average Bonchev–Trinajstić information content (AvgIpc) is 2.53. The first kappa shape index (κ1) is 11.9. The molecule has 2 N–H and O–H groups in total. The van der Waals surface area contributed by atoms with Crippen LogP contribution in [-0.4, -0.2) is 21.9 Å². The summed E-state index contributed by atoms with van der Waals surface area (Å²) in [7, 11) is 1.80. The first-order valence-electron chi connectivity index (χ1n) is 5.97. The number of ether oxygens (including phenoxy) is 1. The molecular formula is C12H18N4O. The normalized spacial score (nSPS) is 24.4. The molecule has 5 heteroatoms. The molecule has 0 bridgehead atoms. The number of nitrogens with two attached hydrogens (primary N) is 1. The molecule has 1 saturated carbocycles. The number of hydrogen-bond acceptors (Lipinski definition) is 4. The van der Waals surface area contributed by atoms with Gasteiger partial charge in [-0.2, -0.15) is 10.4 Å². The van der Waals surface area contributed by atoms with E-state index in [9.17, 15) is 0 Å². The highest BCUT2D eigenvalue weighted by Gasteiger charge is 2.24. The van der Waals surface area contributed by atoms with Gasteiger partial charge in [0.15, 0.2) is 0 Å². The molecular weight excluding hydrogens is 216 g/mol. The Hall–Kier alpha value is -1.54. The summed E-state index contributed by atoms with van der Waals surface area (Å²) in [6.07, 6.45) is 4.12. The first-order chi connectivity index (χ1) is 8.11. The van der Waals surface area contributed by atoms with Crippen LogP contribution >= 0.6 is 0 Å². The highest BCUT2D eigenvalue weighted by atomic mass is 16.5. The Bertz CT molecular complexity index is 446. The van der Waals surface area contributed by atoms with Crippen LogP contribution in [0.4, 0.5) is 0 Å². The van der Waals surface area contributed by atoms with E-state index in [4.69, 9.17) is 15.7 Å². The standard InChI is InChI=1S/C12H18N4O/c1-8-11(7-13)12(16(2)15-8)17-10-5-3-4-9(14)6-10/h9-10H,3-6,14H2,1-2H3. The van der Waals surface area contributed by atoms with E-state index in [2.05, 4.69) is 11.2 Å². The Morgan fingerprint density at radius 3 is 2.94 bits per heavy atom. The van der Waals surface area contributed by atoms with Crippen LogP contribution in [-0.2, 0) is 7.05 Å². The maximum atomic E-state index is 9.09. The van der Waals surface area contributed by atoms with Crippen molar-refractivity contribution in [1.82, 2.24) is 9.78 Å². The number of nitrogens with zero attached hydrogens (tertiary/aromatic N) is 3. The molecule has 2 unspecified atom stereocenters. The van der Waals surface area contributed by atoms with E-state index in [1.165, 1.54) is 0 Å². The van der Waals surface area contributed by atoms with Crippen molar-refractivity contribution < 1.29 is 4.74 Å². The monoisotopic (exact) mass is 234 g/mol. The second kappa shape index (κ2) is 4.76. The molecule has 1 aliphatic carbocycles. The van der Waals surface area contributed by atoms with E-state index in [0.29, 0.717) is 17.1 Å². The van der Waals surface area contributed by atoms with Gasteiger partial charge in [-0.1, -0.05) is 0 Å². The lowest BCUT2D eigenvalue weighted by atomic mass is 9.93. The molecule has 1 heterocycles. The minimum Gasteiger partial charge on any atom is -0.474 e. The molecule has 1 aliphatic rings. The van der Waals surface area contributed by atoms with Gasteiger partial charge in [-0.3, -0.25) is 0 Å². The lowest BCUT2D eigenvalue weighted by Crippen LogP contribution is -2.34. The topological polar surface area (TPSA) is 76.9 Å². The molecule has 1 aromatic rings. The molecule has 5 nitrogen and oxygen atoms in total. The lowest BCUT2D eigenvalue weighted by molar-refractivity contribution is 0.132. The predicted molar refractivity (Wildman–Crippen MR) is 63.5 cm³/mol. The van der Waals surface area contributed by atoms with Crippen LogP contribution in [0.3, 0.4) is 0 Å². The Morgan fingerprint density at radius 2 is 2.29 bits per heavy atom. The van der Waals surface area contributed by atoms with Crippen molar-refractivity contribution in [3.8, 4) is 11.9 Å². The van der Waals surface area contributed by atoms with Gasteiger partial charge >= 0.3 is 0 Å². The summed E-state index contributed by atoms with van der Waals surface area (Å²) in [5.41, 5.74) is 7.17. The zero-order valence-corrected chi connectivity index (χ0v) is 10.3. The fraction of sp³-hybridized carbons (Fsp3) is 0.667. The summed E-state index contributed by atoms with van der Waals surface area (Å²) in [5.74, 6) is 0.573. The van der Waals surface area contributed by atoms with Crippen LogP contribution < -0.4 is 10.5 Å². The smallest absolute Gasteiger partial charge is 0.230 e. The van der Waals surface area contributed by atoms with Crippen LogP contribution in [0, 0.1) is 18.3 Å². The van der Waals surface area contributed by atoms with Gasteiger partial charge in [-0.05, 0) is 32.6 Å². The van der Waals surface area contributed by atoms with Crippen LogP contribution in [0.15, 0.2) is 0 Å². The first-order valence-corrected chi connectivity index (χ1v) is 5.97. The van der Waals surface area contributed by atoms with E-state index in [1.54, 1.807) is 11.7 Å². The van der Waals surface area contributed by atoms with Crippen molar-refractivity contribution in [3.63, 3.8) is 0 Å². The summed E-state index contributed by atoms with van der Waals surface area (Å²) in [6.45, 7) is 1.82. The van der Waals surface area contributed by atoms with Gasteiger partial charge in [0.1, 0.15) is 17.7 Å². The molecule has 2 atom stereocenters. The third kappa shape index (κ3) is 2.42. The summed E-state index contributed by atoms with van der Waals surface area (Å²) >= 11 is 0. The zero-order valence-electron chi connectivity index (χ0n) is 10.3. The zero-order chi connectivity index (χ0) is 12.4. The summed E-state index contributed by atoms with van der Waals surface area (Å²) < 4.78 is 7.53. The maximum absolute atomic E-state index is 9.09. The highest BCUT2D eigenvalue weighted by molar-refractivity contribution is 5.42. The number of aromatic nitrogens is 2. The van der Waals surface area contributed by atoms with Crippen molar-refractivity contribution in [2.75, 3.05) is 0 Å².